The molecule has 2 N–H and O–H groups in total. The molecule has 2 aromatic heterocycles. The maximum Gasteiger partial charge on any atom is 0.319 e. The average molecular weight is 497 g/mol. The van der Waals surface area contributed by atoms with Gasteiger partial charge in [-0.25, -0.2) is 14.8 Å². The summed E-state index contributed by atoms with van der Waals surface area (Å²) in [4.78, 5) is 37.4. The smallest absolute Gasteiger partial charge is 0.319 e. The number of benzene rings is 2. The topological polar surface area (TPSA) is 92.2 Å². The van der Waals surface area contributed by atoms with Gasteiger partial charge in [0.15, 0.2) is 11.5 Å². The Morgan fingerprint density at radius 2 is 1.68 bits per heavy atom. The van der Waals surface area contributed by atoms with Gasteiger partial charge in [0.05, 0.1) is 6.54 Å². The van der Waals surface area contributed by atoms with Crippen molar-refractivity contribution >= 4 is 28.7 Å². The van der Waals surface area contributed by atoms with E-state index in [0.29, 0.717) is 36.6 Å². The lowest BCUT2D eigenvalue weighted by molar-refractivity contribution is 0.246. The van der Waals surface area contributed by atoms with Crippen molar-refractivity contribution in [1.29, 1.82) is 0 Å². The van der Waals surface area contributed by atoms with Crippen LogP contribution in [0.1, 0.15) is 35.1 Å². The second-order valence-corrected chi connectivity index (χ2v) is 9.89. The number of carbonyl (C=O) groups is 1. The number of piperidine rings is 1. The van der Waals surface area contributed by atoms with E-state index in [1.807, 2.05) is 74.2 Å². The number of aryl methyl sites for hydroxylation is 3. The third-order valence-corrected chi connectivity index (χ3v) is 6.76. The van der Waals surface area contributed by atoms with Gasteiger partial charge >= 0.3 is 6.03 Å². The van der Waals surface area contributed by atoms with Crippen molar-refractivity contribution in [3.05, 3.63) is 93.4 Å². The number of carbonyl (C=O) groups excluding carboxylic acids is 1. The summed E-state index contributed by atoms with van der Waals surface area (Å²) in [6, 6.07) is 17.7. The molecule has 1 fully saturated rings. The predicted octanol–water partition coefficient (Wildman–Crippen LogP) is 4.56. The first-order valence-corrected chi connectivity index (χ1v) is 12.7. The van der Waals surface area contributed by atoms with Gasteiger partial charge in [-0.3, -0.25) is 9.36 Å². The van der Waals surface area contributed by atoms with Crippen LogP contribution in [0.5, 0.6) is 0 Å². The zero-order valence-electron chi connectivity index (χ0n) is 21.5. The highest BCUT2D eigenvalue weighted by molar-refractivity contribution is 5.89. The highest BCUT2D eigenvalue weighted by atomic mass is 16.2. The van der Waals surface area contributed by atoms with Crippen molar-refractivity contribution in [3.63, 3.8) is 0 Å². The number of nitrogens with one attached hydrogen (secondary N) is 2. The fourth-order valence-electron chi connectivity index (χ4n) is 4.93. The molecular formula is C29H32N6O2. The van der Waals surface area contributed by atoms with Crippen LogP contribution in [0.3, 0.4) is 0 Å². The summed E-state index contributed by atoms with van der Waals surface area (Å²) in [6.07, 6.45) is 3.14. The summed E-state index contributed by atoms with van der Waals surface area (Å²) in [7, 11) is 0. The summed E-state index contributed by atoms with van der Waals surface area (Å²) in [5.41, 5.74) is 6.34. The first kappa shape index (κ1) is 24.5. The maximum atomic E-state index is 13.6. The van der Waals surface area contributed by atoms with Crippen molar-refractivity contribution in [2.24, 2.45) is 0 Å². The summed E-state index contributed by atoms with van der Waals surface area (Å²) in [6.45, 7) is 7.76. The molecule has 0 spiro atoms. The molecule has 190 valence electrons. The SMILES string of the molecule is Cc1ccc(Cn2c(=O)c(N3CCC(NC(=O)Nc4cc(C)cc(C)c4)CC3)nc3cccnc32)cc1. The molecule has 0 saturated carbocycles. The summed E-state index contributed by atoms with van der Waals surface area (Å²) in [5, 5.41) is 6.02. The molecule has 1 aliphatic heterocycles. The molecule has 5 rings (SSSR count). The second-order valence-electron chi connectivity index (χ2n) is 9.89. The monoisotopic (exact) mass is 496 g/mol. The van der Waals surface area contributed by atoms with Gasteiger partial charge in [-0.2, -0.15) is 0 Å². The van der Waals surface area contributed by atoms with Crippen LogP contribution in [-0.2, 0) is 6.54 Å². The third-order valence-electron chi connectivity index (χ3n) is 6.76. The minimum Gasteiger partial charge on any atom is -0.352 e. The highest BCUT2D eigenvalue weighted by Crippen LogP contribution is 2.19. The van der Waals surface area contributed by atoms with E-state index in [1.165, 1.54) is 5.56 Å². The van der Waals surface area contributed by atoms with E-state index < -0.39 is 0 Å². The number of pyridine rings is 1. The van der Waals surface area contributed by atoms with Crippen molar-refractivity contribution in [2.75, 3.05) is 23.3 Å². The Labute approximate surface area is 216 Å². The van der Waals surface area contributed by atoms with Gasteiger partial charge in [0, 0.05) is 31.0 Å². The van der Waals surface area contributed by atoms with E-state index in [1.54, 1.807) is 10.8 Å². The number of fused-ring (bicyclic) bond motifs is 1. The van der Waals surface area contributed by atoms with Crippen molar-refractivity contribution < 1.29 is 4.79 Å². The van der Waals surface area contributed by atoms with Crippen LogP contribution < -0.4 is 21.1 Å². The van der Waals surface area contributed by atoms with Gasteiger partial charge in [-0.1, -0.05) is 35.9 Å². The molecule has 0 unspecified atom stereocenters. The normalized spacial score (nSPS) is 14.1. The molecule has 2 aromatic carbocycles. The van der Waals surface area contributed by atoms with E-state index >= 15 is 0 Å². The number of rotatable bonds is 5. The highest BCUT2D eigenvalue weighted by Gasteiger charge is 2.25. The van der Waals surface area contributed by atoms with Crippen LogP contribution in [-0.4, -0.2) is 39.7 Å². The molecule has 0 radical (unpaired) electrons. The summed E-state index contributed by atoms with van der Waals surface area (Å²) >= 11 is 0. The first-order chi connectivity index (χ1) is 17.9. The van der Waals surface area contributed by atoms with Gasteiger partial charge in [-0.05, 0) is 74.6 Å². The molecule has 0 aliphatic carbocycles. The second kappa shape index (κ2) is 10.4. The van der Waals surface area contributed by atoms with Crippen molar-refractivity contribution in [2.45, 2.75) is 46.2 Å². The maximum absolute atomic E-state index is 13.6. The number of urea groups is 1. The standard InChI is InChI=1S/C29H32N6O2/c1-19-6-8-22(9-7-19)18-35-26-25(5-4-12-30-26)33-27(28(35)36)34-13-10-23(11-14-34)31-29(37)32-24-16-20(2)15-21(3)17-24/h4-9,12,15-17,23H,10-11,13-14,18H2,1-3H3,(H2,31,32,37). The quantitative estimate of drug-likeness (QED) is 0.423. The van der Waals surface area contributed by atoms with Crippen LogP contribution >= 0.6 is 0 Å². The molecule has 2 amide bonds. The number of anilines is 2. The first-order valence-electron chi connectivity index (χ1n) is 12.7. The number of nitrogens with zero attached hydrogens (tertiary/aromatic N) is 4. The lowest BCUT2D eigenvalue weighted by Crippen LogP contribution is -2.47. The van der Waals surface area contributed by atoms with Crippen molar-refractivity contribution in [1.82, 2.24) is 19.9 Å². The van der Waals surface area contributed by atoms with Crippen LogP contribution in [0.25, 0.3) is 11.2 Å². The third kappa shape index (κ3) is 5.63. The minimum absolute atomic E-state index is 0.0269. The van der Waals surface area contributed by atoms with Crippen LogP contribution in [0.15, 0.2) is 65.6 Å². The largest absolute Gasteiger partial charge is 0.352 e. The van der Waals surface area contributed by atoms with Crippen LogP contribution in [0, 0.1) is 20.8 Å². The lowest BCUT2D eigenvalue weighted by atomic mass is 10.1. The van der Waals surface area contributed by atoms with Crippen LogP contribution in [0.4, 0.5) is 16.3 Å². The number of amides is 2. The van der Waals surface area contributed by atoms with Crippen molar-refractivity contribution in [3.8, 4) is 0 Å². The Kier molecular flexibility index (Phi) is 6.90. The number of hydrogen-bond donors (Lipinski definition) is 2. The fraction of sp³-hybridized carbons (Fsp3) is 0.310. The minimum atomic E-state index is -0.209. The fourth-order valence-corrected chi connectivity index (χ4v) is 4.93. The number of aromatic nitrogens is 3. The van der Waals surface area contributed by atoms with E-state index in [-0.39, 0.29) is 17.6 Å². The van der Waals surface area contributed by atoms with Gasteiger partial charge in [-0.15, -0.1) is 0 Å². The Balaban J connectivity index is 1.30. The number of hydrogen-bond acceptors (Lipinski definition) is 5. The predicted molar refractivity (Wildman–Crippen MR) is 147 cm³/mol. The molecule has 3 heterocycles. The molecule has 8 heteroatoms. The van der Waals surface area contributed by atoms with Crippen LogP contribution in [0.2, 0.25) is 0 Å². The zero-order valence-corrected chi connectivity index (χ0v) is 21.5. The molecule has 4 aromatic rings. The zero-order chi connectivity index (χ0) is 25.9. The molecular weight excluding hydrogens is 464 g/mol. The lowest BCUT2D eigenvalue weighted by Gasteiger charge is -2.33. The van der Waals surface area contributed by atoms with E-state index in [4.69, 9.17) is 4.98 Å². The molecule has 1 saturated heterocycles. The summed E-state index contributed by atoms with van der Waals surface area (Å²) < 4.78 is 1.71. The van der Waals surface area contributed by atoms with E-state index in [2.05, 4.69) is 21.7 Å². The molecule has 1 aliphatic rings. The molecule has 0 atom stereocenters. The van der Waals surface area contributed by atoms with E-state index in [9.17, 15) is 9.59 Å². The van der Waals surface area contributed by atoms with Gasteiger partial charge in [0.2, 0.25) is 0 Å². The Morgan fingerprint density at radius 3 is 2.38 bits per heavy atom. The Morgan fingerprint density at radius 1 is 0.973 bits per heavy atom. The van der Waals surface area contributed by atoms with E-state index in [0.717, 1.165) is 35.2 Å². The molecule has 37 heavy (non-hydrogen) atoms. The van der Waals surface area contributed by atoms with Gasteiger partial charge < -0.3 is 15.5 Å². The summed E-state index contributed by atoms with van der Waals surface area (Å²) in [5.74, 6) is 0.436. The Hall–Kier alpha value is -4.20. The van der Waals surface area contributed by atoms with Gasteiger partial charge in [0.1, 0.15) is 5.52 Å². The molecule has 8 nitrogen and oxygen atoms in total. The average Bonchev–Trinajstić information content (AvgIpc) is 2.86. The van der Waals surface area contributed by atoms with Gasteiger partial charge in [0.25, 0.3) is 5.56 Å². The Bertz CT molecular complexity index is 1470. The molecule has 0 bridgehead atoms.